The van der Waals surface area contributed by atoms with Crippen LogP contribution in [0, 0.1) is 0 Å². The van der Waals surface area contributed by atoms with Crippen LogP contribution in [0.1, 0.15) is 142 Å². The van der Waals surface area contributed by atoms with Crippen LogP contribution in [0.2, 0.25) is 0 Å². The molecule has 0 bridgehead atoms. The van der Waals surface area contributed by atoms with E-state index in [0.717, 1.165) is 47.9 Å². The quantitative estimate of drug-likeness (QED) is 0.254. The van der Waals surface area contributed by atoms with Crippen molar-refractivity contribution in [2.75, 3.05) is 0 Å². The number of rotatable bonds is 4. The Morgan fingerprint density at radius 1 is 0.561 bits per heavy atom. The van der Waals surface area contributed by atoms with Gasteiger partial charge in [-0.1, -0.05) is 108 Å². The Morgan fingerprint density at radius 3 is 1.15 bits per heavy atom. The van der Waals surface area contributed by atoms with Gasteiger partial charge in [-0.2, -0.15) is 0 Å². The van der Waals surface area contributed by atoms with E-state index in [1.54, 1.807) is 0 Å². The molecule has 0 spiro atoms. The molecule has 2 unspecified atom stereocenters. The van der Waals surface area contributed by atoms with E-state index in [0.29, 0.717) is 11.5 Å². The average molecular weight is 666 g/mol. The van der Waals surface area contributed by atoms with Crippen molar-refractivity contribution in [3.05, 3.63) is 57.6 Å². The number of aromatic hydroxyl groups is 2. The first kappa shape index (κ1) is 35.4. The Morgan fingerprint density at radius 2 is 0.878 bits per heavy atom. The third-order valence-corrected chi connectivity index (χ3v) is 8.13. The van der Waals surface area contributed by atoms with Gasteiger partial charge in [0.1, 0.15) is 11.5 Å². The first-order valence-electron chi connectivity index (χ1n) is 15.0. The molecule has 0 heterocycles. The van der Waals surface area contributed by atoms with E-state index in [-0.39, 0.29) is 57.7 Å². The number of phenols is 2. The van der Waals surface area contributed by atoms with Gasteiger partial charge in [0, 0.05) is 58.6 Å². The van der Waals surface area contributed by atoms with Crippen LogP contribution in [0.4, 0.5) is 0 Å². The van der Waals surface area contributed by atoms with Crippen molar-refractivity contribution < 1.29 is 10.2 Å². The number of nitrogens with zero attached hydrogens (tertiary/aromatic N) is 2. The van der Waals surface area contributed by atoms with Gasteiger partial charge >= 0.3 is 0 Å². The molecule has 1 aliphatic rings. The molecule has 1 saturated carbocycles. The SMILES string of the molecule is CC(C)(C)c1cc(C=NC2CCCCC2N=Cc2cc(C(C)(C)C)cc(C(C)(C)C)c2O)c(O)c(C(C)(C)C)c1.[Sn]. The second kappa shape index (κ2) is 12.8. The molecule has 0 aromatic heterocycles. The summed E-state index contributed by atoms with van der Waals surface area (Å²) in [5.74, 6) is 0.637. The minimum atomic E-state index is -0.179. The molecule has 1 aliphatic carbocycles. The van der Waals surface area contributed by atoms with Gasteiger partial charge in [0.25, 0.3) is 0 Å². The number of phenolic OH excluding ortho intramolecular Hbond substituents is 2. The standard InChI is InChI=1S/C36H54N2O2.Sn/c1-33(2,3)25-17-23(31(39)27(19-25)35(7,8)9)21-37-29-15-13-14-16-30(29)38-22-24-18-26(34(4,5)6)20-28(32(24)40)36(10,11)12;/h17-22,29-30,39-40H,13-16H2,1-12H3;. The van der Waals surface area contributed by atoms with E-state index < -0.39 is 0 Å². The minimum Gasteiger partial charge on any atom is -0.507 e. The van der Waals surface area contributed by atoms with Gasteiger partial charge in [-0.25, -0.2) is 0 Å². The molecule has 0 saturated heterocycles. The van der Waals surface area contributed by atoms with Crippen LogP contribution in [-0.2, 0) is 21.7 Å². The predicted octanol–water partition coefficient (Wildman–Crippen LogP) is 8.76. The fraction of sp³-hybridized carbons (Fsp3) is 0.611. The monoisotopic (exact) mass is 666 g/mol. The summed E-state index contributed by atoms with van der Waals surface area (Å²) < 4.78 is 0. The van der Waals surface area contributed by atoms with E-state index in [2.05, 4.69) is 107 Å². The zero-order chi connectivity index (χ0) is 30.3. The topological polar surface area (TPSA) is 65.2 Å². The van der Waals surface area contributed by atoms with Crippen molar-refractivity contribution in [3.63, 3.8) is 0 Å². The molecule has 2 atom stereocenters. The van der Waals surface area contributed by atoms with E-state index in [1.165, 1.54) is 11.1 Å². The molecule has 2 aromatic rings. The van der Waals surface area contributed by atoms with E-state index in [9.17, 15) is 10.2 Å². The maximum absolute atomic E-state index is 11.2. The van der Waals surface area contributed by atoms with Gasteiger partial charge in [-0.3, -0.25) is 9.98 Å². The van der Waals surface area contributed by atoms with Crippen molar-refractivity contribution in [1.29, 1.82) is 0 Å². The Kier molecular flexibility index (Phi) is 11.1. The van der Waals surface area contributed by atoms with Crippen molar-refractivity contribution in [3.8, 4) is 11.5 Å². The van der Waals surface area contributed by atoms with Gasteiger partial charge in [0.05, 0.1) is 12.1 Å². The molecule has 4 nitrogen and oxygen atoms in total. The summed E-state index contributed by atoms with van der Waals surface area (Å²) in [5, 5.41) is 22.5. The Bertz CT molecular complexity index is 1170. The number of hydrogen-bond acceptors (Lipinski definition) is 4. The zero-order valence-corrected chi connectivity index (χ0v) is 30.6. The molecule has 41 heavy (non-hydrogen) atoms. The smallest absolute Gasteiger partial charge is 0.128 e. The van der Waals surface area contributed by atoms with Crippen LogP contribution < -0.4 is 0 Å². The molecular formula is C36H54N2O2Sn. The molecule has 2 aromatic carbocycles. The minimum absolute atomic E-state index is 0. The van der Waals surface area contributed by atoms with Gasteiger partial charge in [0.2, 0.25) is 0 Å². The van der Waals surface area contributed by atoms with E-state index in [1.807, 2.05) is 12.4 Å². The second-order valence-corrected chi connectivity index (χ2v) is 15.9. The van der Waals surface area contributed by atoms with E-state index >= 15 is 0 Å². The van der Waals surface area contributed by atoms with Crippen molar-refractivity contribution in [1.82, 2.24) is 0 Å². The molecule has 0 amide bonds. The average Bonchev–Trinajstić information content (AvgIpc) is 2.80. The predicted molar refractivity (Wildman–Crippen MR) is 178 cm³/mol. The number of hydrogen-bond donors (Lipinski definition) is 2. The van der Waals surface area contributed by atoms with Gasteiger partial charge in [0.15, 0.2) is 0 Å². The summed E-state index contributed by atoms with van der Waals surface area (Å²) in [5.41, 5.74) is 5.39. The van der Waals surface area contributed by atoms with E-state index in [4.69, 9.17) is 9.98 Å². The largest absolute Gasteiger partial charge is 0.507 e. The zero-order valence-electron chi connectivity index (χ0n) is 27.7. The third-order valence-electron chi connectivity index (χ3n) is 8.13. The van der Waals surface area contributed by atoms with Gasteiger partial charge in [-0.05, 0) is 57.8 Å². The summed E-state index contributed by atoms with van der Waals surface area (Å²) in [6.45, 7) is 26.0. The summed E-state index contributed by atoms with van der Waals surface area (Å²) in [7, 11) is 0. The fourth-order valence-corrected chi connectivity index (χ4v) is 5.31. The molecule has 1 fully saturated rings. The molecule has 5 heteroatoms. The van der Waals surface area contributed by atoms with Crippen molar-refractivity contribution >= 4 is 36.3 Å². The summed E-state index contributed by atoms with van der Waals surface area (Å²) in [6.07, 6.45) is 7.90. The first-order chi connectivity index (χ1) is 18.2. The van der Waals surface area contributed by atoms with Crippen LogP contribution >= 0.6 is 0 Å². The maximum atomic E-state index is 11.2. The van der Waals surface area contributed by atoms with Crippen LogP contribution in [-0.4, -0.2) is 58.6 Å². The van der Waals surface area contributed by atoms with Crippen molar-refractivity contribution in [2.24, 2.45) is 9.98 Å². The third kappa shape index (κ3) is 8.84. The Labute approximate surface area is 267 Å². The number of aliphatic imine (C=N–C) groups is 2. The second-order valence-electron chi connectivity index (χ2n) is 15.9. The summed E-state index contributed by atoms with van der Waals surface area (Å²) in [6, 6.07) is 8.53. The normalized spacial score (nSPS) is 19.1. The maximum Gasteiger partial charge on any atom is 0.128 e. The van der Waals surface area contributed by atoms with Crippen LogP contribution in [0.5, 0.6) is 11.5 Å². The molecular weight excluding hydrogens is 611 g/mol. The first-order valence-corrected chi connectivity index (χ1v) is 15.0. The fourth-order valence-electron chi connectivity index (χ4n) is 5.31. The summed E-state index contributed by atoms with van der Waals surface area (Å²) >= 11 is 0. The number of benzene rings is 2. The molecule has 224 valence electrons. The van der Waals surface area contributed by atoms with Gasteiger partial charge in [-0.15, -0.1) is 0 Å². The molecule has 2 N–H and O–H groups in total. The van der Waals surface area contributed by atoms with Crippen molar-refractivity contribution in [2.45, 2.75) is 143 Å². The van der Waals surface area contributed by atoms with Crippen LogP contribution in [0.3, 0.4) is 0 Å². The molecule has 3 rings (SSSR count). The molecule has 0 aliphatic heterocycles. The van der Waals surface area contributed by atoms with Crippen LogP contribution in [0.15, 0.2) is 34.3 Å². The Hall–Kier alpha value is -1.82. The molecule has 4 radical (unpaired) electrons. The Balaban J connectivity index is 0.00000588. The van der Waals surface area contributed by atoms with Crippen LogP contribution in [0.25, 0.3) is 0 Å². The summed E-state index contributed by atoms with van der Waals surface area (Å²) in [4.78, 5) is 10.1. The van der Waals surface area contributed by atoms with Gasteiger partial charge < -0.3 is 10.2 Å².